The minimum atomic E-state index is -0.485. The van der Waals surface area contributed by atoms with Crippen molar-refractivity contribution in [2.75, 3.05) is 18.0 Å². The average Bonchev–Trinajstić information content (AvgIpc) is 2.34. The highest BCUT2D eigenvalue weighted by Gasteiger charge is 2.12. The zero-order chi connectivity index (χ0) is 13.7. The molecule has 0 amide bonds. The van der Waals surface area contributed by atoms with Gasteiger partial charge < -0.3 is 10.0 Å². The van der Waals surface area contributed by atoms with E-state index in [1.165, 1.54) is 0 Å². The minimum Gasteiger partial charge on any atom is -0.389 e. The lowest BCUT2D eigenvalue weighted by Gasteiger charge is -2.25. The van der Waals surface area contributed by atoms with Gasteiger partial charge in [-0.3, -0.25) is 0 Å². The summed E-state index contributed by atoms with van der Waals surface area (Å²) in [7, 11) is 0. The molecule has 0 spiro atoms. The van der Waals surface area contributed by atoms with Crippen molar-refractivity contribution in [1.82, 2.24) is 0 Å². The number of benzene rings is 1. The summed E-state index contributed by atoms with van der Waals surface area (Å²) in [5.74, 6) is 0.000155. The summed E-state index contributed by atoms with van der Waals surface area (Å²) in [6, 6.07) is 8.15. The minimum absolute atomic E-state index is 0.000155. The van der Waals surface area contributed by atoms with Gasteiger partial charge in [0, 0.05) is 23.2 Å². The number of anilines is 1. The number of hydrogen-bond acceptors (Lipinski definition) is 3. The molecule has 1 N–H and O–H groups in total. The van der Waals surface area contributed by atoms with E-state index in [1.807, 2.05) is 25.1 Å². The van der Waals surface area contributed by atoms with E-state index in [2.05, 4.69) is 33.8 Å². The van der Waals surface area contributed by atoms with Crippen LogP contribution in [0, 0.1) is 17.2 Å². The number of hydrogen-bond donors (Lipinski definition) is 1. The molecule has 0 aliphatic rings. The summed E-state index contributed by atoms with van der Waals surface area (Å²) in [5, 5.41) is 18.5. The third-order valence-corrected chi connectivity index (χ3v) is 3.58. The van der Waals surface area contributed by atoms with Crippen molar-refractivity contribution in [3.63, 3.8) is 0 Å². The van der Waals surface area contributed by atoms with Gasteiger partial charge in [-0.1, -0.05) is 22.0 Å². The molecule has 0 saturated heterocycles. The molecule has 0 radical (unpaired) electrons. The highest BCUT2D eigenvalue weighted by Crippen LogP contribution is 2.28. The molecule has 2 atom stereocenters. The molecule has 1 aromatic carbocycles. The molecule has 0 aliphatic carbocycles. The number of nitriles is 1. The molecular formula is C14H19BrN2O. The maximum atomic E-state index is 9.59. The Morgan fingerprint density at radius 1 is 1.44 bits per heavy atom. The number of nitrogens with zero attached hydrogens (tertiary/aromatic N) is 2. The van der Waals surface area contributed by atoms with E-state index in [4.69, 9.17) is 5.26 Å². The van der Waals surface area contributed by atoms with Crippen molar-refractivity contribution >= 4 is 21.6 Å². The second kappa shape index (κ2) is 6.77. The fraction of sp³-hybridized carbons (Fsp3) is 0.500. The normalized spacial score (nSPS) is 13.8. The monoisotopic (exact) mass is 310 g/mol. The lowest BCUT2D eigenvalue weighted by molar-refractivity contribution is 0.198. The SMILES string of the molecule is CCN(CC(C)C#N)c1ccc([C@H](C)O)c(Br)c1. The molecule has 0 saturated carbocycles. The molecule has 1 rings (SSSR count). The van der Waals surface area contributed by atoms with Crippen LogP contribution in [0.15, 0.2) is 22.7 Å². The lowest BCUT2D eigenvalue weighted by atomic mass is 10.1. The van der Waals surface area contributed by atoms with Gasteiger partial charge in [0.2, 0.25) is 0 Å². The number of halogens is 1. The van der Waals surface area contributed by atoms with Gasteiger partial charge in [-0.2, -0.15) is 5.26 Å². The summed E-state index contributed by atoms with van der Waals surface area (Å²) in [5.41, 5.74) is 1.94. The lowest BCUT2D eigenvalue weighted by Crippen LogP contribution is -2.27. The van der Waals surface area contributed by atoms with Crippen LogP contribution < -0.4 is 4.90 Å². The van der Waals surface area contributed by atoms with Crippen LogP contribution in [0.4, 0.5) is 5.69 Å². The second-order valence-corrected chi connectivity index (χ2v) is 5.30. The highest BCUT2D eigenvalue weighted by molar-refractivity contribution is 9.10. The summed E-state index contributed by atoms with van der Waals surface area (Å²) < 4.78 is 0.901. The first-order valence-electron chi connectivity index (χ1n) is 6.11. The maximum Gasteiger partial charge on any atom is 0.0772 e. The van der Waals surface area contributed by atoms with Gasteiger partial charge in [0.1, 0.15) is 0 Å². The molecule has 0 fully saturated rings. The Kier molecular flexibility index (Phi) is 5.64. The van der Waals surface area contributed by atoms with Crippen molar-refractivity contribution in [2.45, 2.75) is 26.9 Å². The third kappa shape index (κ3) is 3.72. The first-order valence-corrected chi connectivity index (χ1v) is 6.91. The highest BCUT2D eigenvalue weighted by atomic mass is 79.9. The van der Waals surface area contributed by atoms with Crippen LogP contribution in [0.3, 0.4) is 0 Å². The molecule has 18 heavy (non-hydrogen) atoms. The predicted molar refractivity (Wildman–Crippen MR) is 77.4 cm³/mol. The van der Waals surface area contributed by atoms with Gasteiger partial charge in [-0.05, 0) is 38.5 Å². The second-order valence-electron chi connectivity index (χ2n) is 4.45. The summed E-state index contributed by atoms with van der Waals surface area (Å²) >= 11 is 3.48. The van der Waals surface area contributed by atoms with Gasteiger partial charge in [-0.25, -0.2) is 0 Å². The van der Waals surface area contributed by atoms with Crippen LogP contribution in [0.25, 0.3) is 0 Å². The molecule has 0 heterocycles. The van der Waals surface area contributed by atoms with Crippen molar-refractivity contribution in [2.24, 2.45) is 5.92 Å². The van der Waals surface area contributed by atoms with E-state index in [0.717, 1.165) is 22.3 Å². The van der Waals surface area contributed by atoms with E-state index in [-0.39, 0.29) is 5.92 Å². The summed E-state index contributed by atoms with van der Waals surface area (Å²) in [6.07, 6.45) is -0.485. The van der Waals surface area contributed by atoms with E-state index in [9.17, 15) is 5.11 Å². The standard InChI is InChI=1S/C14H19BrN2O/c1-4-17(9-10(2)8-16)12-5-6-13(11(3)18)14(15)7-12/h5-7,10-11,18H,4,9H2,1-3H3/t10?,11-/m0/s1. The predicted octanol–water partition coefficient (Wildman–Crippen LogP) is 3.49. The fourth-order valence-corrected chi connectivity index (χ4v) is 2.54. The molecule has 1 unspecified atom stereocenters. The largest absolute Gasteiger partial charge is 0.389 e. The van der Waals surface area contributed by atoms with E-state index in [1.54, 1.807) is 6.92 Å². The van der Waals surface area contributed by atoms with Crippen molar-refractivity contribution < 1.29 is 5.11 Å². The van der Waals surface area contributed by atoms with Crippen LogP contribution in [0.1, 0.15) is 32.4 Å². The average molecular weight is 311 g/mol. The Labute approximate surface area is 117 Å². The van der Waals surface area contributed by atoms with Crippen LogP contribution in [0.2, 0.25) is 0 Å². The van der Waals surface area contributed by atoms with Gasteiger partial charge >= 0.3 is 0 Å². The maximum absolute atomic E-state index is 9.59. The zero-order valence-electron chi connectivity index (χ0n) is 11.0. The summed E-state index contributed by atoms with van der Waals surface area (Å²) in [4.78, 5) is 2.16. The Morgan fingerprint density at radius 2 is 2.11 bits per heavy atom. The Bertz CT molecular complexity index is 440. The van der Waals surface area contributed by atoms with E-state index < -0.39 is 6.10 Å². The van der Waals surface area contributed by atoms with E-state index in [0.29, 0.717) is 6.54 Å². The van der Waals surface area contributed by atoms with Crippen molar-refractivity contribution in [3.05, 3.63) is 28.2 Å². The van der Waals surface area contributed by atoms with Gasteiger partial charge in [0.15, 0.2) is 0 Å². The topological polar surface area (TPSA) is 47.3 Å². The zero-order valence-corrected chi connectivity index (χ0v) is 12.6. The van der Waals surface area contributed by atoms with Crippen LogP contribution in [-0.2, 0) is 0 Å². The van der Waals surface area contributed by atoms with Crippen LogP contribution in [-0.4, -0.2) is 18.2 Å². The molecule has 98 valence electrons. The van der Waals surface area contributed by atoms with Crippen LogP contribution >= 0.6 is 15.9 Å². The fourth-order valence-electron chi connectivity index (χ4n) is 1.84. The van der Waals surface area contributed by atoms with Crippen LogP contribution in [0.5, 0.6) is 0 Å². The van der Waals surface area contributed by atoms with Crippen molar-refractivity contribution in [1.29, 1.82) is 5.26 Å². The molecule has 0 bridgehead atoms. The smallest absolute Gasteiger partial charge is 0.0772 e. The van der Waals surface area contributed by atoms with Crippen molar-refractivity contribution in [3.8, 4) is 6.07 Å². The molecular weight excluding hydrogens is 292 g/mol. The Morgan fingerprint density at radius 3 is 2.56 bits per heavy atom. The molecule has 3 nitrogen and oxygen atoms in total. The summed E-state index contributed by atoms with van der Waals surface area (Å²) in [6.45, 7) is 7.30. The quantitative estimate of drug-likeness (QED) is 0.905. The first kappa shape index (κ1) is 15.0. The molecule has 4 heteroatoms. The molecule has 0 aliphatic heterocycles. The Balaban J connectivity index is 2.95. The third-order valence-electron chi connectivity index (χ3n) is 2.90. The number of aliphatic hydroxyl groups excluding tert-OH is 1. The van der Waals surface area contributed by atoms with Gasteiger partial charge in [-0.15, -0.1) is 0 Å². The number of rotatable bonds is 5. The van der Waals surface area contributed by atoms with Gasteiger partial charge in [0.05, 0.1) is 18.1 Å². The molecule has 0 aromatic heterocycles. The Hall–Kier alpha value is -1.05. The molecule has 1 aromatic rings. The van der Waals surface area contributed by atoms with Gasteiger partial charge in [0.25, 0.3) is 0 Å². The number of aliphatic hydroxyl groups is 1. The first-order chi connectivity index (χ1) is 8.49. The van der Waals surface area contributed by atoms with E-state index >= 15 is 0 Å².